The Kier molecular flexibility index (Phi) is 4.92. The van der Waals surface area contributed by atoms with Crippen molar-refractivity contribution < 1.29 is 16.8 Å². The molecule has 0 saturated heterocycles. The number of hydrogen-bond donors (Lipinski definition) is 2. The fourth-order valence-electron chi connectivity index (χ4n) is 2.80. The molecule has 0 fully saturated rings. The molecule has 1 aromatic heterocycles. The van der Waals surface area contributed by atoms with Gasteiger partial charge in [-0.05, 0) is 36.2 Å². The molecule has 0 amide bonds. The van der Waals surface area contributed by atoms with Crippen molar-refractivity contribution in [2.75, 3.05) is 19.3 Å². The van der Waals surface area contributed by atoms with E-state index in [2.05, 4.69) is 15.0 Å². The molecular weight excluding hydrogens is 362 g/mol. The van der Waals surface area contributed by atoms with Crippen LogP contribution in [0.15, 0.2) is 52.5 Å². The van der Waals surface area contributed by atoms with E-state index in [0.717, 1.165) is 31.0 Å². The van der Waals surface area contributed by atoms with Gasteiger partial charge >= 0.3 is 0 Å². The number of fused-ring (bicyclic) bond motifs is 1. The van der Waals surface area contributed by atoms with Crippen LogP contribution in [0.4, 0.5) is 0 Å². The van der Waals surface area contributed by atoms with Crippen LogP contribution < -0.4 is 10.0 Å². The van der Waals surface area contributed by atoms with Crippen LogP contribution in [0.5, 0.6) is 0 Å². The van der Waals surface area contributed by atoms with Crippen molar-refractivity contribution in [3.63, 3.8) is 0 Å². The molecule has 1 aliphatic heterocycles. The van der Waals surface area contributed by atoms with E-state index in [4.69, 9.17) is 0 Å². The van der Waals surface area contributed by atoms with Gasteiger partial charge in [0.2, 0.25) is 10.0 Å². The van der Waals surface area contributed by atoms with Crippen molar-refractivity contribution in [2.45, 2.75) is 22.4 Å². The Morgan fingerprint density at radius 2 is 1.92 bits per heavy atom. The second-order valence-corrected chi connectivity index (χ2v) is 9.64. The molecule has 0 saturated carbocycles. The first kappa shape index (κ1) is 18.0. The van der Waals surface area contributed by atoms with Gasteiger partial charge in [-0.15, -0.1) is 0 Å². The van der Waals surface area contributed by atoms with E-state index in [0.29, 0.717) is 0 Å². The average molecular weight is 381 g/mol. The second-order valence-electron chi connectivity index (χ2n) is 5.91. The molecule has 3 rings (SSSR count). The van der Waals surface area contributed by atoms with Crippen LogP contribution in [0.3, 0.4) is 0 Å². The van der Waals surface area contributed by atoms with E-state index in [9.17, 15) is 16.8 Å². The van der Waals surface area contributed by atoms with Gasteiger partial charge in [-0.25, -0.2) is 26.5 Å². The summed E-state index contributed by atoms with van der Waals surface area (Å²) in [5.41, 5.74) is 2.30. The molecule has 1 aromatic carbocycles. The first-order valence-corrected chi connectivity index (χ1v) is 11.1. The predicted octanol–water partition coefficient (Wildman–Crippen LogP) is 0.650. The molecular formula is C16H19N3O4S2. The highest BCUT2D eigenvalue weighted by Gasteiger charge is 2.22. The van der Waals surface area contributed by atoms with Crippen molar-refractivity contribution in [1.29, 1.82) is 0 Å². The topological polar surface area (TPSA) is 105 Å². The SMILES string of the molecule is CS(=O)(=O)c1ccc(S(=O)(=O)NCC2NCCc3ccccc32)cn1. The predicted molar refractivity (Wildman–Crippen MR) is 93.4 cm³/mol. The highest BCUT2D eigenvalue weighted by Crippen LogP contribution is 2.22. The third kappa shape index (κ3) is 4.06. The fourth-order valence-corrected chi connectivity index (χ4v) is 4.35. The summed E-state index contributed by atoms with van der Waals surface area (Å²) in [4.78, 5) is 3.66. The minimum Gasteiger partial charge on any atom is -0.308 e. The molecule has 2 N–H and O–H groups in total. The number of nitrogens with zero attached hydrogens (tertiary/aromatic N) is 1. The molecule has 2 heterocycles. The molecule has 1 aliphatic rings. The summed E-state index contributed by atoms with van der Waals surface area (Å²) in [6.45, 7) is 0.987. The number of aromatic nitrogens is 1. The summed E-state index contributed by atoms with van der Waals surface area (Å²) < 4.78 is 50.2. The van der Waals surface area contributed by atoms with Crippen molar-refractivity contribution in [3.05, 3.63) is 53.7 Å². The van der Waals surface area contributed by atoms with E-state index in [1.54, 1.807) is 0 Å². The molecule has 0 aliphatic carbocycles. The summed E-state index contributed by atoms with van der Waals surface area (Å²) in [5.74, 6) is 0. The molecule has 0 bridgehead atoms. The number of benzene rings is 1. The lowest BCUT2D eigenvalue weighted by atomic mass is 9.95. The van der Waals surface area contributed by atoms with Crippen LogP contribution in [0.2, 0.25) is 0 Å². The Morgan fingerprint density at radius 1 is 1.16 bits per heavy atom. The Labute approximate surface area is 147 Å². The lowest BCUT2D eigenvalue weighted by Crippen LogP contribution is -2.38. The van der Waals surface area contributed by atoms with Crippen LogP contribution in [-0.2, 0) is 26.3 Å². The van der Waals surface area contributed by atoms with E-state index < -0.39 is 19.9 Å². The zero-order valence-electron chi connectivity index (χ0n) is 13.6. The van der Waals surface area contributed by atoms with Gasteiger partial charge in [0.25, 0.3) is 0 Å². The largest absolute Gasteiger partial charge is 0.308 e. The van der Waals surface area contributed by atoms with Crippen LogP contribution in [0.1, 0.15) is 17.2 Å². The normalized spacial score (nSPS) is 17.9. The van der Waals surface area contributed by atoms with Gasteiger partial charge in [0, 0.05) is 25.0 Å². The number of sulfonamides is 1. The number of rotatable bonds is 5. The van der Waals surface area contributed by atoms with Crippen molar-refractivity contribution in [1.82, 2.24) is 15.0 Å². The standard InChI is InChI=1S/C16H19N3O4S2/c1-24(20,21)16-7-6-13(10-18-16)25(22,23)19-11-15-14-5-3-2-4-12(14)8-9-17-15/h2-7,10,15,17,19H,8-9,11H2,1H3. The number of nitrogens with one attached hydrogen (secondary N) is 2. The molecule has 2 aromatic rings. The Morgan fingerprint density at radius 3 is 2.60 bits per heavy atom. The van der Waals surface area contributed by atoms with Crippen molar-refractivity contribution in [3.8, 4) is 0 Å². The lowest BCUT2D eigenvalue weighted by molar-refractivity contribution is 0.491. The second kappa shape index (κ2) is 6.83. The highest BCUT2D eigenvalue weighted by atomic mass is 32.2. The molecule has 1 atom stereocenters. The number of pyridine rings is 1. The van der Waals surface area contributed by atoms with E-state index in [-0.39, 0.29) is 22.5 Å². The number of hydrogen-bond acceptors (Lipinski definition) is 6. The summed E-state index contributed by atoms with van der Waals surface area (Å²) in [5, 5.41) is 3.15. The monoisotopic (exact) mass is 381 g/mol. The zero-order chi connectivity index (χ0) is 18.1. The number of sulfone groups is 1. The van der Waals surface area contributed by atoms with Gasteiger partial charge < -0.3 is 5.32 Å². The van der Waals surface area contributed by atoms with Gasteiger partial charge in [-0.2, -0.15) is 0 Å². The average Bonchev–Trinajstić information content (AvgIpc) is 2.59. The molecule has 0 radical (unpaired) electrons. The summed E-state index contributed by atoms with van der Waals surface area (Å²) >= 11 is 0. The smallest absolute Gasteiger partial charge is 0.242 e. The molecule has 9 heteroatoms. The molecule has 0 spiro atoms. The molecule has 25 heavy (non-hydrogen) atoms. The minimum atomic E-state index is -3.77. The van der Waals surface area contributed by atoms with E-state index in [1.807, 2.05) is 24.3 Å². The zero-order valence-corrected chi connectivity index (χ0v) is 15.3. The molecule has 134 valence electrons. The van der Waals surface area contributed by atoms with E-state index >= 15 is 0 Å². The maximum atomic E-state index is 12.4. The van der Waals surface area contributed by atoms with Gasteiger partial charge in [0.05, 0.1) is 0 Å². The quantitative estimate of drug-likeness (QED) is 0.788. The Bertz CT molecular complexity index is 971. The van der Waals surface area contributed by atoms with Crippen LogP contribution in [0, 0.1) is 0 Å². The van der Waals surface area contributed by atoms with Crippen molar-refractivity contribution >= 4 is 19.9 Å². The third-order valence-corrected chi connectivity index (χ3v) is 6.50. The Balaban J connectivity index is 1.75. The molecule has 7 nitrogen and oxygen atoms in total. The van der Waals surface area contributed by atoms with E-state index in [1.165, 1.54) is 17.7 Å². The summed E-state index contributed by atoms with van der Waals surface area (Å²) in [6, 6.07) is 10.3. The lowest BCUT2D eigenvalue weighted by Gasteiger charge is -2.27. The Hall–Kier alpha value is -1.81. The maximum absolute atomic E-state index is 12.4. The fraction of sp³-hybridized carbons (Fsp3) is 0.312. The van der Waals surface area contributed by atoms with Gasteiger partial charge in [0.1, 0.15) is 4.90 Å². The van der Waals surface area contributed by atoms with Crippen molar-refractivity contribution in [2.24, 2.45) is 0 Å². The minimum absolute atomic E-state index is 0.0657. The van der Waals surface area contributed by atoms with Crippen LogP contribution >= 0.6 is 0 Å². The summed E-state index contributed by atoms with van der Waals surface area (Å²) in [7, 11) is -7.24. The first-order chi connectivity index (χ1) is 11.8. The van der Waals surface area contributed by atoms with Gasteiger partial charge in [-0.1, -0.05) is 24.3 Å². The van der Waals surface area contributed by atoms with Crippen LogP contribution in [0.25, 0.3) is 0 Å². The van der Waals surface area contributed by atoms with Gasteiger partial charge in [0.15, 0.2) is 14.9 Å². The molecule has 1 unspecified atom stereocenters. The third-order valence-electron chi connectivity index (χ3n) is 4.09. The first-order valence-electron chi connectivity index (χ1n) is 7.74. The van der Waals surface area contributed by atoms with Crippen LogP contribution in [-0.4, -0.2) is 41.2 Å². The summed E-state index contributed by atoms with van der Waals surface area (Å²) in [6.07, 6.45) is 2.99. The maximum Gasteiger partial charge on any atom is 0.242 e. The van der Waals surface area contributed by atoms with Gasteiger partial charge in [-0.3, -0.25) is 0 Å². The highest BCUT2D eigenvalue weighted by molar-refractivity contribution is 7.90.